The van der Waals surface area contributed by atoms with Crippen LogP contribution in [0, 0.1) is 12.7 Å². The molecule has 0 aliphatic carbocycles. The summed E-state index contributed by atoms with van der Waals surface area (Å²) < 4.78 is 13.2. The van der Waals surface area contributed by atoms with Crippen molar-refractivity contribution in [3.63, 3.8) is 0 Å². The number of carbonyl (C=O) groups is 1. The van der Waals surface area contributed by atoms with Crippen LogP contribution in [-0.2, 0) is 0 Å². The number of nitrogens with one attached hydrogen (secondary N) is 2. The lowest BCUT2D eigenvalue weighted by atomic mass is 10.2. The van der Waals surface area contributed by atoms with Gasteiger partial charge in [0, 0.05) is 28.2 Å². The number of aryl methyl sites for hydroxylation is 1. The van der Waals surface area contributed by atoms with E-state index in [0.717, 1.165) is 5.56 Å². The lowest BCUT2D eigenvalue weighted by Gasteiger charge is -2.09. The molecule has 3 rings (SSSR count). The molecule has 0 bridgehead atoms. The van der Waals surface area contributed by atoms with E-state index in [9.17, 15) is 9.18 Å². The second kappa shape index (κ2) is 7.32. The van der Waals surface area contributed by atoms with Crippen LogP contribution in [0.4, 0.5) is 21.6 Å². The second-order valence-electron chi connectivity index (χ2n) is 5.48. The standard InChI is InChI=1S/C19H15ClFN3O/c1-12-5-6-16(11-17(12)20)24-19(25)13-7-8-22-18(9-13)23-15-4-2-3-14(21)10-15/h2-11H,1H3,(H,22,23)(H,24,25). The van der Waals surface area contributed by atoms with E-state index in [1.54, 1.807) is 36.4 Å². The molecule has 1 aromatic heterocycles. The fourth-order valence-electron chi connectivity index (χ4n) is 2.23. The monoisotopic (exact) mass is 355 g/mol. The fraction of sp³-hybridized carbons (Fsp3) is 0.0526. The average Bonchev–Trinajstić information content (AvgIpc) is 2.58. The maximum Gasteiger partial charge on any atom is 0.255 e. The molecule has 126 valence electrons. The van der Waals surface area contributed by atoms with E-state index in [1.165, 1.54) is 18.3 Å². The summed E-state index contributed by atoms with van der Waals surface area (Å²) in [7, 11) is 0. The number of benzene rings is 2. The Labute approximate surface area is 149 Å². The van der Waals surface area contributed by atoms with Crippen LogP contribution in [0.2, 0.25) is 5.02 Å². The highest BCUT2D eigenvalue weighted by Gasteiger charge is 2.09. The Morgan fingerprint density at radius 3 is 2.68 bits per heavy atom. The molecule has 6 heteroatoms. The van der Waals surface area contributed by atoms with E-state index in [2.05, 4.69) is 15.6 Å². The molecule has 3 aromatic rings. The highest BCUT2D eigenvalue weighted by atomic mass is 35.5. The van der Waals surface area contributed by atoms with Crippen molar-refractivity contribution in [2.24, 2.45) is 0 Å². The number of aromatic nitrogens is 1. The van der Waals surface area contributed by atoms with Gasteiger partial charge in [-0.2, -0.15) is 0 Å². The number of hydrogen-bond acceptors (Lipinski definition) is 3. The maximum atomic E-state index is 13.2. The Balaban J connectivity index is 1.76. The molecule has 0 aliphatic rings. The summed E-state index contributed by atoms with van der Waals surface area (Å²) in [6.45, 7) is 1.89. The largest absolute Gasteiger partial charge is 0.340 e. The summed E-state index contributed by atoms with van der Waals surface area (Å²) in [5.74, 6) is -0.194. The normalized spacial score (nSPS) is 10.4. The number of halogens is 2. The fourth-order valence-corrected chi connectivity index (χ4v) is 2.41. The average molecular weight is 356 g/mol. The smallest absolute Gasteiger partial charge is 0.255 e. The number of carbonyl (C=O) groups excluding carboxylic acids is 1. The van der Waals surface area contributed by atoms with E-state index >= 15 is 0 Å². The Bertz CT molecular complexity index is 930. The van der Waals surface area contributed by atoms with Crippen LogP contribution < -0.4 is 10.6 Å². The molecule has 25 heavy (non-hydrogen) atoms. The lowest BCUT2D eigenvalue weighted by molar-refractivity contribution is 0.102. The van der Waals surface area contributed by atoms with Crippen molar-refractivity contribution in [3.05, 3.63) is 82.8 Å². The van der Waals surface area contributed by atoms with Gasteiger partial charge in [-0.1, -0.05) is 23.7 Å². The zero-order valence-electron chi connectivity index (χ0n) is 13.4. The third-order valence-electron chi connectivity index (χ3n) is 3.55. The van der Waals surface area contributed by atoms with Gasteiger partial charge in [0.15, 0.2) is 0 Å². The molecule has 1 amide bonds. The first-order valence-corrected chi connectivity index (χ1v) is 7.95. The molecule has 0 saturated carbocycles. The van der Waals surface area contributed by atoms with E-state index in [1.807, 2.05) is 13.0 Å². The molecule has 0 aliphatic heterocycles. The Kier molecular flexibility index (Phi) is 4.95. The van der Waals surface area contributed by atoms with Crippen LogP contribution in [0.25, 0.3) is 0 Å². The molecule has 0 atom stereocenters. The topological polar surface area (TPSA) is 54.0 Å². The van der Waals surface area contributed by atoms with Crippen LogP contribution in [-0.4, -0.2) is 10.9 Å². The SMILES string of the molecule is Cc1ccc(NC(=O)c2ccnc(Nc3cccc(F)c3)c2)cc1Cl. The summed E-state index contributed by atoms with van der Waals surface area (Å²) >= 11 is 6.07. The summed E-state index contributed by atoms with van der Waals surface area (Å²) in [4.78, 5) is 16.5. The van der Waals surface area contributed by atoms with Gasteiger partial charge in [-0.15, -0.1) is 0 Å². The summed E-state index contributed by atoms with van der Waals surface area (Å²) in [5, 5.41) is 6.34. The molecule has 1 heterocycles. The molecular weight excluding hydrogens is 341 g/mol. The molecule has 2 aromatic carbocycles. The van der Waals surface area contributed by atoms with Crippen molar-refractivity contribution >= 4 is 34.7 Å². The Morgan fingerprint density at radius 1 is 1.08 bits per heavy atom. The van der Waals surface area contributed by atoms with Gasteiger partial charge < -0.3 is 10.6 Å². The zero-order valence-corrected chi connectivity index (χ0v) is 14.1. The highest BCUT2D eigenvalue weighted by Crippen LogP contribution is 2.21. The molecule has 0 unspecified atom stereocenters. The summed E-state index contributed by atoms with van der Waals surface area (Å²) in [6, 6.07) is 14.5. The van der Waals surface area contributed by atoms with Crippen molar-refractivity contribution in [3.8, 4) is 0 Å². The van der Waals surface area contributed by atoms with Gasteiger partial charge in [0.2, 0.25) is 0 Å². The van der Waals surface area contributed by atoms with Gasteiger partial charge in [-0.3, -0.25) is 4.79 Å². The van der Waals surface area contributed by atoms with Gasteiger partial charge in [-0.05, 0) is 55.0 Å². The number of hydrogen-bond donors (Lipinski definition) is 2. The van der Waals surface area contributed by atoms with Crippen LogP contribution in [0.3, 0.4) is 0 Å². The van der Waals surface area contributed by atoms with Gasteiger partial charge in [0.25, 0.3) is 5.91 Å². The van der Waals surface area contributed by atoms with Crippen molar-refractivity contribution in [2.45, 2.75) is 6.92 Å². The van der Waals surface area contributed by atoms with Gasteiger partial charge in [-0.25, -0.2) is 9.37 Å². The van der Waals surface area contributed by atoms with Gasteiger partial charge in [0.05, 0.1) is 0 Å². The van der Waals surface area contributed by atoms with Gasteiger partial charge >= 0.3 is 0 Å². The molecule has 0 spiro atoms. The maximum absolute atomic E-state index is 13.2. The summed E-state index contributed by atoms with van der Waals surface area (Å²) in [5.41, 5.74) is 2.52. The molecule has 0 radical (unpaired) electrons. The van der Waals surface area contributed by atoms with Crippen molar-refractivity contribution in [1.29, 1.82) is 0 Å². The van der Waals surface area contributed by atoms with E-state index < -0.39 is 0 Å². The molecule has 0 saturated heterocycles. The zero-order chi connectivity index (χ0) is 17.8. The minimum Gasteiger partial charge on any atom is -0.340 e. The van der Waals surface area contributed by atoms with E-state index in [0.29, 0.717) is 27.8 Å². The van der Waals surface area contributed by atoms with Crippen LogP contribution >= 0.6 is 11.6 Å². The molecule has 2 N–H and O–H groups in total. The Morgan fingerprint density at radius 2 is 1.92 bits per heavy atom. The number of rotatable bonds is 4. The molecule has 4 nitrogen and oxygen atoms in total. The van der Waals surface area contributed by atoms with E-state index in [-0.39, 0.29) is 11.7 Å². The van der Waals surface area contributed by atoms with Crippen molar-refractivity contribution in [2.75, 3.05) is 10.6 Å². The van der Waals surface area contributed by atoms with Crippen LogP contribution in [0.1, 0.15) is 15.9 Å². The highest BCUT2D eigenvalue weighted by molar-refractivity contribution is 6.31. The van der Waals surface area contributed by atoms with E-state index in [4.69, 9.17) is 11.6 Å². The summed E-state index contributed by atoms with van der Waals surface area (Å²) in [6.07, 6.45) is 1.51. The minimum atomic E-state index is -0.352. The van der Waals surface area contributed by atoms with Crippen molar-refractivity contribution < 1.29 is 9.18 Å². The number of anilines is 3. The third-order valence-corrected chi connectivity index (χ3v) is 3.96. The number of pyridine rings is 1. The van der Waals surface area contributed by atoms with Crippen molar-refractivity contribution in [1.82, 2.24) is 4.98 Å². The minimum absolute atomic E-state index is 0.287. The predicted molar refractivity (Wildman–Crippen MR) is 98.1 cm³/mol. The Hall–Kier alpha value is -2.92. The van der Waals surface area contributed by atoms with Crippen LogP contribution in [0.5, 0.6) is 0 Å². The number of nitrogens with zero attached hydrogens (tertiary/aromatic N) is 1. The lowest BCUT2D eigenvalue weighted by Crippen LogP contribution is -2.12. The first-order chi connectivity index (χ1) is 12.0. The number of amides is 1. The first kappa shape index (κ1) is 16.9. The van der Waals surface area contributed by atoms with Crippen LogP contribution in [0.15, 0.2) is 60.8 Å². The quantitative estimate of drug-likeness (QED) is 0.678. The predicted octanol–water partition coefficient (Wildman–Crippen LogP) is 5.18. The third kappa shape index (κ3) is 4.33. The molecule has 0 fully saturated rings. The second-order valence-corrected chi connectivity index (χ2v) is 5.89. The molecular formula is C19H15ClFN3O. The first-order valence-electron chi connectivity index (χ1n) is 7.57. The van der Waals surface area contributed by atoms with Gasteiger partial charge in [0.1, 0.15) is 11.6 Å².